The fourth-order valence-corrected chi connectivity index (χ4v) is 2.56. The van der Waals surface area contributed by atoms with E-state index in [9.17, 15) is 18.3 Å². The van der Waals surface area contributed by atoms with Crippen molar-refractivity contribution >= 4 is 0 Å². The molecule has 110 valence electrons. The molecule has 0 heterocycles. The van der Waals surface area contributed by atoms with E-state index in [4.69, 9.17) is 0 Å². The van der Waals surface area contributed by atoms with Gasteiger partial charge in [0.05, 0.1) is 5.56 Å². The van der Waals surface area contributed by atoms with E-state index in [-0.39, 0.29) is 0 Å². The van der Waals surface area contributed by atoms with Gasteiger partial charge in [-0.05, 0) is 49.0 Å². The minimum Gasteiger partial charge on any atom is -0.384 e. The molecule has 1 aromatic carbocycles. The van der Waals surface area contributed by atoms with Crippen molar-refractivity contribution in [2.45, 2.75) is 50.8 Å². The first-order valence-electron chi connectivity index (χ1n) is 7.02. The molecule has 0 aliphatic heterocycles. The third-order valence-electron chi connectivity index (χ3n) is 3.71. The Morgan fingerprint density at radius 1 is 1.05 bits per heavy atom. The van der Waals surface area contributed by atoms with E-state index in [0.29, 0.717) is 5.56 Å². The fraction of sp³-hybridized carbons (Fsp3) is 0.500. The highest BCUT2D eigenvalue weighted by atomic mass is 19.4. The lowest BCUT2D eigenvalue weighted by atomic mass is 9.92. The Morgan fingerprint density at radius 3 is 2.55 bits per heavy atom. The van der Waals surface area contributed by atoms with E-state index < -0.39 is 17.8 Å². The minimum atomic E-state index is -4.37. The Hall–Kier alpha value is -1.29. The van der Waals surface area contributed by atoms with Crippen LogP contribution in [0, 0.1) is 0 Å². The summed E-state index contributed by atoms with van der Waals surface area (Å²) in [5, 5.41) is 10.3. The highest BCUT2D eigenvalue weighted by Gasteiger charge is 2.31. The Labute approximate surface area is 117 Å². The maximum Gasteiger partial charge on any atom is 0.416 e. The van der Waals surface area contributed by atoms with Gasteiger partial charge >= 0.3 is 6.18 Å². The third kappa shape index (κ3) is 3.85. The summed E-state index contributed by atoms with van der Waals surface area (Å²) in [6, 6.07) is 4.98. The lowest BCUT2D eigenvalue weighted by Crippen LogP contribution is -2.08. The van der Waals surface area contributed by atoms with Gasteiger partial charge in [-0.2, -0.15) is 13.2 Å². The number of aliphatic hydroxyl groups is 1. The molecule has 1 N–H and O–H groups in total. The SMILES string of the molecule is OC(/C1=C/CCCCCC1)c1cccc(C(F)(F)F)c1. The standard InChI is InChI=1S/C16H19F3O/c17-16(18,19)14-10-6-9-13(11-14)15(20)12-7-4-2-1-3-5-8-12/h6-7,9-11,15,20H,1-5,8H2/b12-7+. The van der Waals surface area contributed by atoms with Crippen molar-refractivity contribution in [3.8, 4) is 0 Å². The number of allylic oxidation sites excluding steroid dienone is 1. The maximum absolute atomic E-state index is 12.7. The quantitative estimate of drug-likeness (QED) is 0.756. The molecule has 0 saturated heterocycles. The predicted octanol–water partition coefficient (Wildman–Crippen LogP) is 5.02. The highest BCUT2D eigenvalue weighted by molar-refractivity contribution is 5.31. The second-order valence-corrected chi connectivity index (χ2v) is 5.26. The van der Waals surface area contributed by atoms with Crippen LogP contribution < -0.4 is 0 Å². The van der Waals surface area contributed by atoms with Crippen LogP contribution in [0.4, 0.5) is 13.2 Å². The second kappa shape index (κ2) is 6.44. The fourth-order valence-electron chi connectivity index (χ4n) is 2.56. The van der Waals surface area contributed by atoms with E-state index in [2.05, 4.69) is 0 Å². The number of hydrogen-bond acceptors (Lipinski definition) is 1. The summed E-state index contributed by atoms with van der Waals surface area (Å²) in [5.74, 6) is 0. The Kier molecular flexibility index (Phi) is 4.86. The predicted molar refractivity (Wildman–Crippen MR) is 72.2 cm³/mol. The topological polar surface area (TPSA) is 20.2 Å². The molecule has 0 bridgehead atoms. The molecule has 1 aliphatic rings. The normalized spacial score (nSPS) is 21.5. The van der Waals surface area contributed by atoms with Crippen molar-refractivity contribution in [1.82, 2.24) is 0 Å². The van der Waals surface area contributed by atoms with Crippen LogP contribution in [0.3, 0.4) is 0 Å². The Bertz CT molecular complexity index is 477. The lowest BCUT2D eigenvalue weighted by Gasteiger charge is -2.19. The maximum atomic E-state index is 12.7. The zero-order valence-corrected chi connectivity index (χ0v) is 11.3. The number of hydrogen-bond donors (Lipinski definition) is 1. The molecule has 0 radical (unpaired) electrons. The first-order chi connectivity index (χ1) is 9.48. The van der Waals surface area contributed by atoms with Crippen molar-refractivity contribution in [2.24, 2.45) is 0 Å². The van der Waals surface area contributed by atoms with Crippen molar-refractivity contribution in [3.63, 3.8) is 0 Å². The Balaban J connectivity index is 2.21. The number of aliphatic hydroxyl groups excluding tert-OH is 1. The van der Waals surface area contributed by atoms with Crippen LogP contribution in [0.5, 0.6) is 0 Å². The van der Waals surface area contributed by atoms with Crippen LogP contribution in [-0.4, -0.2) is 5.11 Å². The molecule has 0 aromatic heterocycles. The van der Waals surface area contributed by atoms with Gasteiger partial charge in [-0.25, -0.2) is 0 Å². The monoisotopic (exact) mass is 284 g/mol. The summed E-state index contributed by atoms with van der Waals surface area (Å²) < 4.78 is 38.1. The van der Waals surface area contributed by atoms with E-state index in [1.165, 1.54) is 12.5 Å². The van der Waals surface area contributed by atoms with Gasteiger partial charge in [0, 0.05) is 0 Å². The molecule has 2 rings (SSSR count). The summed E-state index contributed by atoms with van der Waals surface area (Å²) in [6.07, 6.45) is 2.73. The number of halogens is 3. The average molecular weight is 284 g/mol. The van der Waals surface area contributed by atoms with E-state index in [0.717, 1.165) is 49.8 Å². The van der Waals surface area contributed by atoms with E-state index in [1.807, 2.05) is 6.08 Å². The number of alkyl halides is 3. The van der Waals surface area contributed by atoms with Gasteiger partial charge in [-0.15, -0.1) is 0 Å². The van der Waals surface area contributed by atoms with Crippen LogP contribution in [-0.2, 0) is 6.18 Å². The molecule has 4 heteroatoms. The Morgan fingerprint density at radius 2 is 1.80 bits per heavy atom. The third-order valence-corrected chi connectivity index (χ3v) is 3.71. The minimum absolute atomic E-state index is 0.326. The summed E-state index contributed by atoms with van der Waals surface area (Å²) in [7, 11) is 0. The molecule has 1 aromatic rings. The van der Waals surface area contributed by atoms with Crippen LogP contribution in [0.2, 0.25) is 0 Å². The van der Waals surface area contributed by atoms with Crippen LogP contribution in [0.25, 0.3) is 0 Å². The molecule has 1 nitrogen and oxygen atoms in total. The van der Waals surface area contributed by atoms with E-state index in [1.54, 1.807) is 6.07 Å². The van der Waals surface area contributed by atoms with Crippen molar-refractivity contribution in [1.29, 1.82) is 0 Å². The zero-order chi connectivity index (χ0) is 14.6. The molecular formula is C16H19F3O. The summed E-state index contributed by atoms with van der Waals surface area (Å²) in [4.78, 5) is 0. The number of rotatable bonds is 2. The molecule has 0 saturated carbocycles. The first-order valence-corrected chi connectivity index (χ1v) is 7.02. The molecule has 0 spiro atoms. The molecule has 20 heavy (non-hydrogen) atoms. The molecule has 1 atom stereocenters. The van der Waals surface area contributed by atoms with Crippen molar-refractivity contribution in [2.75, 3.05) is 0 Å². The zero-order valence-electron chi connectivity index (χ0n) is 11.3. The molecular weight excluding hydrogens is 265 g/mol. The first kappa shape index (κ1) is 15.1. The van der Waals surface area contributed by atoms with Crippen LogP contribution in [0.1, 0.15) is 55.8 Å². The summed E-state index contributed by atoms with van der Waals surface area (Å²) in [5.41, 5.74) is 0.469. The van der Waals surface area contributed by atoms with Gasteiger partial charge in [-0.3, -0.25) is 0 Å². The lowest BCUT2D eigenvalue weighted by molar-refractivity contribution is -0.137. The van der Waals surface area contributed by atoms with Gasteiger partial charge in [0.1, 0.15) is 6.10 Å². The van der Waals surface area contributed by atoms with Crippen LogP contribution in [0.15, 0.2) is 35.9 Å². The summed E-state index contributed by atoms with van der Waals surface area (Å²) in [6.45, 7) is 0. The molecule has 0 amide bonds. The summed E-state index contributed by atoms with van der Waals surface area (Å²) >= 11 is 0. The van der Waals surface area contributed by atoms with Gasteiger partial charge in [-0.1, -0.05) is 31.1 Å². The molecule has 0 fully saturated rings. The smallest absolute Gasteiger partial charge is 0.384 e. The number of benzene rings is 1. The largest absolute Gasteiger partial charge is 0.416 e. The second-order valence-electron chi connectivity index (χ2n) is 5.26. The van der Waals surface area contributed by atoms with E-state index >= 15 is 0 Å². The van der Waals surface area contributed by atoms with Gasteiger partial charge in [0.2, 0.25) is 0 Å². The van der Waals surface area contributed by atoms with Gasteiger partial charge in [0.25, 0.3) is 0 Å². The van der Waals surface area contributed by atoms with Gasteiger partial charge < -0.3 is 5.11 Å². The molecule has 1 unspecified atom stereocenters. The van der Waals surface area contributed by atoms with Gasteiger partial charge in [0.15, 0.2) is 0 Å². The molecule has 1 aliphatic carbocycles. The van der Waals surface area contributed by atoms with Crippen molar-refractivity contribution in [3.05, 3.63) is 47.0 Å². The average Bonchev–Trinajstić information content (AvgIpc) is 2.37. The van der Waals surface area contributed by atoms with Crippen molar-refractivity contribution < 1.29 is 18.3 Å². The highest BCUT2D eigenvalue weighted by Crippen LogP contribution is 2.33. The van der Waals surface area contributed by atoms with Crippen LogP contribution >= 0.6 is 0 Å².